The number of benzene rings is 1. The molecule has 0 aliphatic heterocycles. The molecule has 0 saturated heterocycles. The summed E-state index contributed by atoms with van der Waals surface area (Å²) in [5, 5.41) is 0. The van der Waals surface area contributed by atoms with Crippen molar-refractivity contribution in [2.45, 2.75) is 32.5 Å². The molecular formula is C13H18F3NO2. The first kappa shape index (κ1) is 15.6. The lowest BCUT2D eigenvalue weighted by Crippen LogP contribution is -2.28. The average Bonchev–Trinajstić information content (AvgIpc) is 2.35. The summed E-state index contributed by atoms with van der Waals surface area (Å²) in [6.07, 6.45) is -3.68. The van der Waals surface area contributed by atoms with Gasteiger partial charge in [0, 0.05) is 0 Å². The third-order valence-corrected chi connectivity index (χ3v) is 2.44. The first-order chi connectivity index (χ1) is 8.90. The molecule has 6 heteroatoms. The van der Waals surface area contributed by atoms with Crippen LogP contribution >= 0.6 is 0 Å². The second kappa shape index (κ2) is 6.65. The first-order valence-electron chi connectivity index (χ1n) is 6.12. The molecule has 2 N–H and O–H groups in total. The lowest BCUT2D eigenvalue weighted by atomic mass is 10.1. The zero-order valence-electron chi connectivity index (χ0n) is 11.0. The number of hydrogen-bond acceptors (Lipinski definition) is 3. The Morgan fingerprint density at radius 2 is 1.84 bits per heavy atom. The standard InChI is InChI=1S/C13H18F3NO2/c1-3-7-19-10-6-5-9(8-11(10)18-4-2)12(17)13(14,15)16/h5-6,8,12H,3-4,7,17H2,1-2H3/t12-/m1/s1. The van der Waals surface area contributed by atoms with Crippen LogP contribution in [0.1, 0.15) is 31.9 Å². The predicted molar refractivity (Wildman–Crippen MR) is 66.4 cm³/mol. The summed E-state index contributed by atoms with van der Waals surface area (Å²) in [7, 11) is 0. The largest absolute Gasteiger partial charge is 0.490 e. The Balaban J connectivity index is 3.01. The molecular weight excluding hydrogens is 259 g/mol. The molecule has 3 nitrogen and oxygen atoms in total. The molecule has 1 aromatic carbocycles. The summed E-state index contributed by atoms with van der Waals surface area (Å²) in [6, 6.07) is 2.03. The second-order valence-corrected chi connectivity index (χ2v) is 4.01. The van der Waals surface area contributed by atoms with Crippen LogP contribution in [0.25, 0.3) is 0 Å². The molecule has 1 atom stereocenters. The highest BCUT2D eigenvalue weighted by atomic mass is 19.4. The van der Waals surface area contributed by atoms with Crippen LogP contribution in [0.4, 0.5) is 13.2 Å². The Hall–Kier alpha value is -1.43. The van der Waals surface area contributed by atoms with Crippen molar-refractivity contribution in [3.63, 3.8) is 0 Å². The van der Waals surface area contributed by atoms with Crippen LogP contribution < -0.4 is 15.2 Å². The maximum atomic E-state index is 12.6. The second-order valence-electron chi connectivity index (χ2n) is 4.01. The zero-order valence-corrected chi connectivity index (χ0v) is 11.0. The minimum Gasteiger partial charge on any atom is -0.490 e. The third-order valence-electron chi connectivity index (χ3n) is 2.44. The molecule has 0 saturated carbocycles. The number of rotatable bonds is 6. The molecule has 0 aromatic heterocycles. The lowest BCUT2D eigenvalue weighted by molar-refractivity contribution is -0.149. The van der Waals surface area contributed by atoms with E-state index in [2.05, 4.69) is 0 Å². The Labute approximate surface area is 110 Å². The van der Waals surface area contributed by atoms with Gasteiger partial charge in [0.2, 0.25) is 0 Å². The van der Waals surface area contributed by atoms with Gasteiger partial charge in [0.1, 0.15) is 6.04 Å². The van der Waals surface area contributed by atoms with Crippen molar-refractivity contribution in [2.24, 2.45) is 5.73 Å². The fourth-order valence-electron chi connectivity index (χ4n) is 1.51. The van der Waals surface area contributed by atoms with Crippen molar-refractivity contribution in [2.75, 3.05) is 13.2 Å². The highest BCUT2D eigenvalue weighted by Crippen LogP contribution is 2.35. The molecule has 0 heterocycles. The van der Waals surface area contributed by atoms with E-state index in [1.165, 1.54) is 18.2 Å². The highest BCUT2D eigenvalue weighted by molar-refractivity contribution is 5.44. The van der Waals surface area contributed by atoms with E-state index in [9.17, 15) is 13.2 Å². The maximum Gasteiger partial charge on any atom is 0.407 e. The van der Waals surface area contributed by atoms with E-state index in [0.717, 1.165) is 6.42 Å². The Morgan fingerprint density at radius 3 is 2.37 bits per heavy atom. The van der Waals surface area contributed by atoms with Gasteiger partial charge in [-0.25, -0.2) is 0 Å². The van der Waals surface area contributed by atoms with Gasteiger partial charge < -0.3 is 15.2 Å². The van der Waals surface area contributed by atoms with Crippen LogP contribution in [0.2, 0.25) is 0 Å². The molecule has 0 amide bonds. The van der Waals surface area contributed by atoms with Crippen LogP contribution in [0.5, 0.6) is 11.5 Å². The van der Waals surface area contributed by atoms with Crippen molar-refractivity contribution in [3.05, 3.63) is 23.8 Å². The minimum atomic E-state index is -4.48. The fourth-order valence-corrected chi connectivity index (χ4v) is 1.51. The zero-order chi connectivity index (χ0) is 14.5. The SMILES string of the molecule is CCCOc1ccc([C@@H](N)C(F)(F)F)cc1OCC. The monoisotopic (exact) mass is 277 g/mol. The highest BCUT2D eigenvalue weighted by Gasteiger charge is 2.38. The summed E-state index contributed by atoms with van der Waals surface area (Å²) in [4.78, 5) is 0. The number of hydrogen-bond donors (Lipinski definition) is 1. The van der Waals surface area contributed by atoms with Crippen molar-refractivity contribution in [1.29, 1.82) is 0 Å². The molecule has 0 fully saturated rings. The summed E-state index contributed by atoms with van der Waals surface area (Å²) < 4.78 is 48.4. The van der Waals surface area contributed by atoms with Gasteiger partial charge in [-0.15, -0.1) is 0 Å². The van der Waals surface area contributed by atoms with Crippen molar-refractivity contribution < 1.29 is 22.6 Å². The van der Waals surface area contributed by atoms with E-state index in [0.29, 0.717) is 19.0 Å². The molecule has 0 spiro atoms. The van der Waals surface area contributed by atoms with Gasteiger partial charge in [0.15, 0.2) is 11.5 Å². The molecule has 0 unspecified atom stereocenters. The quantitative estimate of drug-likeness (QED) is 0.866. The lowest BCUT2D eigenvalue weighted by Gasteiger charge is -2.18. The van der Waals surface area contributed by atoms with Gasteiger partial charge in [-0.3, -0.25) is 0 Å². The van der Waals surface area contributed by atoms with E-state index >= 15 is 0 Å². The van der Waals surface area contributed by atoms with Crippen LogP contribution in [-0.4, -0.2) is 19.4 Å². The van der Waals surface area contributed by atoms with Gasteiger partial charge in [0.25, 0.3) is 0 Å². The van der Waals surface area contributed by atoms with Gasteiger partial charge in [-0.2, -0.15) is 13.2 Å². The van der Waals surface area contributed by atoms with Crippen LogP contribution in [-0.2, 0) is 0 Å². The molecule has 1 rings (SSSR count). The van der Waals surface area contributed by atoms with Crippen LogP contribution in [0, 0.1) is 0 Å². The smallest absolute Gasteiger partial charge is 0.407 e. The third kappa shape index (κ3) is 4.31. The molecule has 0 bridgehead atoms. The van der Waals surface area contributed by atoms with Crippen LogP contribution in [0.15, 0.2) is 18.2 Å². The molecule has 0 radical (unpaired) electrons. The van der Waals surface area contributed by atoms with E-state index < -0.39 is 12.2 Å². The number of alkyl halides is 3. The topological polar surface area (TPSA) is 44.5 Å². The fraction of sp³-hybridized carbons (Fsp3) is 0.538. The normalized spacial score (nSPS) is 13.2. The van der Waals surface area contributed by atoms with E-state index in [1.54, 1.807) is 6.92 Å². The molecule has 108 valence electrons. The summed E-state index contributed by atoms with van der Waals surface area (Å²) >= 11 is 0. The van der Waals surface area contributed by atoms with Crippen LogP contribution in [0.3, 0.4) is 0 Å². The number of ether oxygens (including phenoxy) is 2. The van der Waals surface area contributed by atoms with E-state index in [4.69, 9.17) is 15.2 Å². The van der Waals surface area contributed by atoms with E-state index in [-0.39, 0.29) is 11.3 Å². The maximum absolute atomic E-state index is 12.6. The summed E-state index contributed by atoms with van der Waals surface area (Å²) in [5.41, 5.74) is 5.12. The van der Waals surface area contributed by atoms with Gasteiger partial charge in [-0.05, 0) is 31.0 Å². The van der Waals surface area contributed by atoms with Gasteiger partial charge in [0.05, 0.1) is 13.2 Å². The minimum absolute atomic E-state index is 0.0419. The Kier molecular flexibility index (Phi) is 5.47. The first-order valence-corrected chi connectivity index (χ1v) is 6.12. The molecule has 19 heavy (non-hydrogen) atoms. The van der Waals surface area contributed by atoms with Crippen molar-refractivity contribution in [3.8, 4) is 11.5 Å². The molecule has 0 aliphatic rings. The number of halogens is 3. The summed E-state index contributed by atoms with van der Waals surface area (Å²) in [5.74, 6) is 0.718. The summed E-state index contributed by atoms with van der Waals surface area (Å²) in [6.45, 7) is 4.51. The van der Waals surface area contributed by atoms with Crippen molar-refractivity contribution in [1.82, 2.24) is 0 Å². The predicted octanol–water partition coefficient (Wildman–Crippen LogP) is 3.44. The van der Waals surface area contributed by atoms with Gasteiger partial charge in [-0.1, -0.05) is 13.0 Å². The van der Waals surface area contributed by atoms with E-state index in [1.807, 2.05) is 6.92 Å². The van der Waals surface area contributed by atoms with Gasteiger partial charge >= 0.3 is 6.18 Å². The average molecular weight is 277 g/mol. The Morgan fingerprint density at radius 1 is 1.16 bits per heavy atom. The molecule has 0 aliphatic carbocycles. The number of nitrogens with two attached hydrogens (primary N) is 1. The van der Waals surface area contributed by atoms with Crippen molar-refractivity contribution >= 4 is 0 Å². The molecule has 1 aromatic rings. The Bertz CT molecular complexity index is 407.